The second-order valence-electron chi connectivity index (χ2n) is 4.72. The molecule has 8 heteroatoms. The number of benzene rings is 1. The van der Waals surface area contributed by atoms with E-state index >= 15 is 0 Å². The molecular formula is C14H11N7O. The lowest BCUT2D eigenvalue weighted by Gasteiger charge is -2.02. The van der Waals surface area contributed by atoms with Crippen molar-refractivity contribution in [1.82, 2.24) is 34.3 Å². The van der Waals surface area contributed by atoms with Gasteiger partial charge in [-0.1, -0.05) is 30.3 Å². The molecule has 0 amide bonds. The number of nitrogens with zero attached hydrogens (tertiary/aromatic N) is 7. The molecule has 4 aromatic rings. The van der Waals surface area contributed by atoms with Crippen LogP contribution in [0.4, 0.5) is 0 Å². The normalized spacial score (nSPS) is 11.1. The minimum atomic E-state index is -0.246. The monoisotopic (exact) mass is 293 g/mol. The van der Waals surface area contributed by atoms with Crippen molar-refractivity contribution >= 4 is 11.2 Å². The maximum absolute atomic E-state index is 12.8. The molecule has 22 heavy (non-hydrogen) atoms. The molecule has 3 aromatic heterocycles. The molecule has 0 spiro atoms. The maximum atomic E-state index is 12.8. The number of imidazole rings is 1. The van der Waals surface area contributed by atoms with Gasteiger partial charge in [0.2, 0.25) is 0 Å². The summed E-state index contributed by atoms with van der Waals surface area (Å²) in [6.45, 7) is 0.436. The second kappa shape index (κ2) is 4.92. The molecule has 0 saturated heterocycles. The van der Waals surface area contributed by atoms with Crippen molar-refractivity contribution in [2.24, 2.45) is 0 Å². The van der Waals surface area contributed by atoms with Crippen LogP contribution in [0.2, 0.25) is 0 Å². The number of hydrogen-bond acceptors (Lipinski definition) is 5. The van der Waals surface area contributed by atoms with Gasteiger partial charge in [-0.3, -0.25) is 4.57 Å². The van der Waals surface area contributed by atoms with Crippen molar-refractivity contribution in [2.45, 2.75) is 6.54 Å². The maximum Gasteiger partial charge on any atom is 0.351 e. The lowest BCUT2D eigenvalue weighted by Crippen LogP contribution is -2.29. The highest BCUT2D eigenvalue weighted by atomic mass is 16.2. The summed E-state index contributed by atoms with van der Waals surface area (Å²) in [4.78, 5) is 22.3. The van der Waals surface area contributed by atoms with Gasteiger partial charge in [-0.2, -0.15) is 4.68 Å². The van der Waals surface area contributed by atoms with E-state index in [-0.39, 0.29) is 5.69 Å². The minimum absolute atomic E-state index is 0.246. The molecule has 0 atom stereocenters. The average molecular weight is 293 g/mol. The number of fused-ring (bicyclic) bond motifs is 1. The SMILES string of the molecule is O=c1n(Cc2ccccc2)c2cncnc2n1-n1ccnn1. The van der Waals surface area contributed by atoms with Gasteiger partial charge in [0.15, 0.2) is 5.65 Å². The van der Waals surface area contributed by atoms with E-state index in [9.17, 15) is 4.79 Å². The molecule has 4 rings (SSSR count). The van der Waals surface area contributed by atoms with Crippen LogP contribution in [-0.2, 0) is 6.54 Å². The predicted octanol–water partition coefficient (Wildman–Crippen LogP) is 0.544. The van der Waals surface area contributed by atoms with E-state index in [0.717, 1.165) is 5.56 Å². The zero-order valence-electron chi connectivity index (χ0n) is 11.4. The van der Waals surface area contributed by atoms with E-state index in [1.54, 1.807) is 17.0 Å². The summed E-state index contributed by atoms with van der Waals surface area (Å²) in [6, 6.07) is 9.75. The highest BCUT2D eigenvalue weighted by molar-refractivity contribution is 5.70. The van der Waals surface area contributed by atoms with Crippen LogP contribution in [0.15, 0.2) is 60.0 Å². The third kappa shape index (κ3) is 1.89. The van der Waals surface area contributed by atoms with E-state index in [0.29, 0.717) is 17.7 Å². The number of aromatic nitrogens is 7. The number of rotatable bonds is 3. The quantitative estimate of drug-likeness (QED) is 0.550. The third-order valence-electron chi connectivity index (χ3n) is 3.37. The minimum Gasteiger partial charge on any atom is -0.283 e. The lowest BCUT2D eigenvalue weighted by molar-refractivity contribution is 0.529. The van der Waals surface area contributed by atoms with Crippen LogP contribution in [0.25, 0.3) is 11.2 Å². The average Bonchev–Trinajstić information content (AvgIpc) is 3.16. The first-order valence-electron chi connectivity index (χ1n) is 6.67. The van der Waals surface area contributed by atoms with Crippen molar-refractivity contribution in [2.75, 3.05) is 0 Å². The second-order valence-corrected chi connectivity index (χ2v) is 4.72. The van der Waals surface area contributed by atoms with Gasteiger partial charge in [0, 0.05) is 0 Å². The summed E-state index contributed by atoms with van der Waals surface area (Å²) in [7, 11) is 0. The Morgan fingerprint density at radius 2 is 2.00 bits per heavy atom. The molecule has 8 nitrogen and oxygen atoms in total. The molecule has 108 valence electrons. The van der Waals surface area contributed by atoms with Crippen molar-refractivity contribution in [3.05, 3.63) is 71.3 Å². The Balaban J connectivity index is 1.96. The van der Waals surface area contributed by atoms with Crippen molar-refractivity contribution in [3.8, 4) is 0 Å². The molecule has 0 bridgehead atoms. The van der Waals surface area contributed by atoms with E-state index in [1.165, 1.54) is 22.0 Å². The molecule has 0 fully saturated rings. The molecule has 0 aliphatic rings. The first kappa shape index (κ1) is 12.5. The Hall–Kier alpha value is -3.29. The molecule has 0 aliphatic carbocycles. The van der Waals surface area contributed by atoms with Gasteiger partial charge in [-0.25, -0.2) is 14.8 Å². The number of hydrogen-bond donors (Lipinski definition) is 0. The zero-order chi connectivity index (χ0) is 14.9. The Morgan fingerprint density at radius 1 is 1.14 bits per heavy atom. The van der Waals surface area contributed by atoms with E-state index in [4.69, 9.17) is 0 Å². The van der Waals surface area contributed by atoms with Gasteiger partial charge in [0.25, 0.3) is 0 Å². The summed E-state index contributed by atoms with van der Waals surface area (Å²) in [5.41, 5.74) is 1.91. The summed E-state index contributed by atoms with van der Waals surface area (Å²) < 4.78 is 2.99. The molecule has 1 aromatic carbocycles. The third-order valence-corrected chi connectivity index (χ3v) is 3.37. The van der Waals surface area contributed by atoms with Crippen LogP contribution in [0, 0.1) is 0 Å². The van der Waals surface area contributed by atoms with E-state index < -0.39 is 0 Å². The summed E-state index contributed by atoms with van der Waals surface area (Å²) in [5.74, 6) is 0. The van der Waals surface area contributed by atoms with Crippen molar-refractivity contribution in [1.29, 1.82) is 0 Å². The summed E-state index contributed by atoms with van der Waals surface area (Å²) >= 11 is 0. The summed E-state index contributed by atoms with van der Waals surface area (Å²) in [5, 5.41) is 7.61. The Kier molecular flexibility index (Phi) is 2.78. The van der Waals surface area contributed by atoms with Gasteiger partial charge >= 0.3 is 5.69 Å². The highest BCUT2D eigenvalue weighted by Gasteiger charge is 2.16. The standard InChI is InChI=1S/C14H11N7O/c22-14-19(9-11-4-2-1-3-5-11)12-8-15-10-16-13(12)21(14)20-7-6-17-18-20/h1-8,10H,9H2. The first-order valence-corrected chi connectivity index (χ1v) is 6.67. The lowest BCUT2D eigenvalue weighted by atomic mass is 10.2. The molecule has 0 radical (unpaired) electrons. The van der Waals surface area contributed by atoms with Crippen LogP contribution in [0.1, 0.15) is 5.56 Å². The molecule has 0 saturated carbocycles. The fourth-order valence-corrected chi connectivity index (χ4v) is 2.39. The van der Waals surface area contributed by atoms with Crippen LogP contribution >= 0.6 is 0 Å². The fourth-order valence-electron chi connectivity index (χ4n) is 2.39. The Bertz CT molecular complexity index is 970. The highest BCUT2D eigenvalue weighted by Crippen LogP contribution is 2.11. The Morgan fingerprint density at radius 3 is 2.77 bits per heavy atom. The van der Waals surface area contributed by atoms with Gasteiger partial charge in [0.05, 0.1) is 25.1 Å². The molecule has 0 N–H and O–H groups in total. The van der Waals surface area contributed by atoms with Gasteiger partial charge < -0.3 is 0 Å². The van der Waals surface area contributed by atoms with Crippen molar-refractivity contribution < 1.29 is 0 Å². The van der Waals surface area contributed by atoms with Crippen LogP contribution < -0.4 is 5.69 Å². The molecular weight excluding hydrogens is 282 g/mol. The predicted molar refractivity (Wildman–Crippen MR) is 78.2 cm³/mol. The molecule has 0 aliphatic heterocycles. The topological polar surface area (TPSA) is 83.4 Å². The smallest absolute Gasteiger partial charge is 0.283 e. The zero-order valence-corrected chi connectivity index (χ0v) is 11.4. The van der Waals surface area contributed by atoms with Crippen LogP contribution in [-0.4, -0.2) is 34.3 Å². The van der Waals surface area contributed by atoms with Crippen LogP contribution in [0.3, 0.4) is 0 Å². The summed E-state index contributed by atoms with van der Waals surface area (Å²) in [6.07, 6.45) is 6.13. The van der Waals surface area contributed by atoms with Gasteiger partial charge in [-0.05, 0) is 10.8 Å². The van der Waals surface area contributed by atoms with E-state index in [2.05, 4.69) is 20.3 Å². The molecule has 3 heterocycles. The van der Waals surface area contributed by atoms with Gasteiger partial charge in [0.1, 0.15) is 11.8 Å². The Labute approximate surface area is 124 Å². The molecule has 0 unspecified atom stereocenters. The van der Waals surface area contributed by atoms with Crippen molar-refractivity contribution in [3.63, 3.8) is 0 Å². The van der Waals surface area contributed by atoms with Gasteiger partial charge in [-0.15, -0.1) is 9.89 Å². The largest absolute Gasteiger partial charge is 0.351 e. The fraction of sp³-hybridized carbons (Fsp3) is 0.0714. The first-order chi connectivity index (χ1) is 10.8. The van der Waals surface area contributed by atoms with E-state index in [1.807, 2.05) is 30.3 Å². The van der Waals surface area contributed by atoms with Crippen LogP contribution in [0.5, 0.6) is 0 Å².